The molecule has 3 heteroatoms. The third kappa shape index (κ3) is 12.4. The van der Waals surface area contributed by atoms with E-state index in [2.05, 4.69) is 140 Å². The number of carbonyl (C=O) groups excluding carboxylic acids is 1. The molecule has 0 aliphatic rings. The lowest BCUT2D eigenvalue weighted by Crippen LogP contribution is -2.18. The van der Waals surface area contributed by atoms with Crippen molar-refractivity contribution in [3.05, 3.63) is 133 Å². The molecule has 1 N–H and O–H groups in total. The summed E-state index contributed by atoms with van der Waals surface area (Å²) in [5.41, 5.74) is 42.1. The Morgan fingerprint density at radius 2 is 1.18 bits per heavy atom. The number of phenols is 1. The topological polar surface area (TPSA) is 46.5 Å². The van der Waals surface area contributed by atoms with Gasteiger partial charge in [0.25, 0.3) is 0 Å². The molecule has 3 nitrogen and oxygen atoms in total. The zero-order valence-corrected chi connectivity index (χ0v) is 22.6. The largest absolute Gasteiger partial charge is 0.507 e. The van der Waals surface area contributed by atoms with Gasteiger partial charge in [-0.1, -0.05) is 65.1 Å². The van der Waals surface area contributed by atoms with Crippen LogP contribution >= 0.6 is 0 Å². The zero-order valence-electron chi connectivity index (χ0n) is 22.6. The predicted molar refractivity (Wildman–Crippen MR) is 185 cm³/mol. The molecule has 0 fully saturated rings. The van der Waals surface area contributed by atoms with Crippen molar-refractivity contribution in [3.63, 3.8) is 0 Å². The maximum absolute atomic E-state index is 11.9. The minimum atomic E-state index is -0.551. The van der Waals surface area contributed by atoms with Crippen LogP contribution in [0.2, 0.25) is 0 Å². The summed E-state index contributed by atoms with van der Waals surface area (Å²) in [6.45, 7) is 15.9. The second kappa shape index (κ2) is 15.7. The van der Waals surface area contributed by atoms with Crippen LogP contribution in [-0.4, -0.2) is 17.7 Å². The Kier molecular flexibility index (Phi) is 12.7. The second-order valence-electron chi connectivity index (χ2n) is 9.67. The first kappa shape index (κ1) is 30.7. The predicted octanol–water partition coefficient (Wildman–Crippen LogP) is 11.2. The molecule has 0 atom stereocenters. The van der Waals surface area contributed by atoms with Crippen molar-refractivity contribution in [1.29, 1.82) is 0 Å². The highest BCUT2D eigenvalue weighted by Gasteiger charge is 2.26. The van der Waals surface area contributed by atoms with Gasteiger partial charge in [0, 0.05) is 32.1 Å². The number of rotatable bonds is 4. The van der Waals surface area contributed by atoms with E-state index in [-0.39, 0.29) is 43.1 Å². The van der Waals surface area contributed by atoms with E-state index in [4.69, 9.17) is 4.74 Å². The van der Waals surface area contributed by atoms with E-state index in [1.165, 1.54) is 0 Å². The first-order valence-corrected chi connectivity index (χ1v) is 11.6. The third-order valence-corrected chi connectivity index (χ3v) is 4.58. The standard InChI is InChI=1S/C35H28O3.18H2/c1-8-9-10-11-12-13-14-15-16-17-18-19-20-21-22-23-24-32(36)38-26-25-29-27-30(34(2,3)4)33(37)31(28-29)35(5,6)7;;;;;;;;;;;;;;;;;;/h24,27-28,37H,1,25-26H2,2-7H3;18*1H. The van der Waals surface area contributed by atoms with Gasteiger partial charge in [0.1, 0.15) is 5.75 Å². The number of benzene rings is 1. The van der Waals surface area contributed by atoms with Crippen LogP contribution in [0.4, 0.5) is 0 Å². The van der Waals surface area contributed by atoms with Crippen LogP contribution in [0.1, 0.15) is 83.9 Å². The number of phenolic OH excluding ortho intramolecular Hbond substituents is 1. The van der Waals surface area contributed by atoms with Gasteiger partial charge in [-0.3, -0.25) is 0 Å². The summed E-state index contributed by atoms with van der Waals surface area (Å²) in [6.07, 6.45) is 1.64. The molecule has 0 aliphatic heterocycles. The Hall–Kier alpha value is -5.29. The van der Waals surface area contributed by atoms with Gasteiger partial charge in [-0.2, -0.15) is 0 Å². The number of hydrogen-bond acceptors (Lipinski definition) is 3. The van der Waals surface area contributed by atoms with E-state index in [0.717, 1.165) is 22.8 Å². The lowest BCUT2D eigenvalue weighted by Gasteiger charge is -2.28. The summed E-state index contributed by atoms with van der Waals surface area (Å²) in [7, 11) is 0. The number of carbonyl (C=O) groups is 1. The van der Waals surface area contributed by atoms with Gasteiger partial charge < -0.3 is 9.84 Å². The molecule has 0 unspecified atom stereocenters. The van der Waals surface area contributed by atoms with Crippen LogP contribution in [0.25, 0.3) is 0 Å². The minimum Gasteiger partial charge on any atom is -0.507 e. The Morgan fingerprint density at radius 3 is 1.58 bits per heavy atom. The van der Waals surface area contributed by atoms with E-state index < -0.39 is 5.97 Å². The van der Waals surface area contributed by atoms with Gasteiger partial charge in [-0.15, -0.1) is 0 Å². The molecular weight excluding hydrogens is 468 g/mol. The van der Waals surface area contributed by atoms with Crippen LogP contribution in [0.5, 0.6) is 5.75 Å². The Bertz CT molecular complexity index is 1710. The van der Waals surface area contributed by atoms with Crippen molar-refractivity contribution in [2.24, 2.45) is 0 Å². The summed E-state index contributed by atoms with van der Waals surface area (Å²) in [6, 6.07) is 3.95. The molecule has 0 saturated carbocycles. The summed E-state index contributed by atoms with van der Waals surface area (Å²) in [5.74, 6) is -0.227. The molecule has 0 aliphatic carbocycles. The molecule has 1 aromatic carbocycles. The van der Waals surface area contributed by atoms with Crippen LogP contribution in [0, 0.1) is 0 Å². The van der Waals surface area contributed by atoms with Gasteiger partial charge in [0.2, 0.25) is 0 Å². The van der Waals surface area contributed by atoms with Crippen molar-refractivity contribution >= 4 is 5.97 Å². The fraction of sp³-hybridized carbons (Fsp3) is 0.286. The summed E-state index contributed by atoms with van der Waals surface area (Å²) in [4.78, 5) is 11.9. The molecule has 0 bridgehead atoms. The lowest BCUT2D eigenvalue weighted by molar-refractivity contribution is -0.137. The van der Waals surface area contributed by atoms with Gasteiger partial charge in [0.15, 0.2) is 0 Å². The Labute approximate surface area is 251 Å². The third-order valence-electron chi connectivity index (χ3n) is 4.58. The van der Waals surface area contributed by atoms with Crippen molar-refractivity contribution < 1.29 is 40.3 Å². The summed E-state index contributed by atoms with van der Waals surface area (Å²) in [5, 5.41) is 10.8. The molecule has 0 aromatic heterocycles. The first-order chi connectivity index (χ1) is 18.0. The average Bonchev–Trinajstić information content (AvgIpc) is 2.83. The molecule has 0 radical (unpaired) electrons. The molecular formula is C35H64O3. The molecule has 0 amide bonds. The number of hydrogen-bond donors (Lipinski definition) is 1. The first-order valence-electron chi connectivity index (χ1n) is 11.6. The fourth-order valence-electron chi connectivity index (χ4n) is 2.84. The second-order valence-corrected chi connectivity index (χ2v) is 9.67. The van der Waals surface area contributed by atoms with E-state index >= 15 is 0 Å². The molecule has 222 valence electrons. The smallest absolute Gasteiger partial charge is 0.339 e. The van der Waals surface area contributed by atoms with Gasteiger partial charge >= 0.3 is 5.97 Å². The van der Waals surface area contributed by atoms with Crippen molar-refractivity contribution in [1.82, 2.24) is 0 Å². The van der Waals surface area contributed by atoms with Crippen LogP contribution < -0.4 is 0 Å². The molecule has 0 saturated heterocycles. The number of aromatic hydroxyl groups is 1. The fourth-order valence-corrected chi connectivity index (χ4v) is 2.84. The summed E-state index contributed by atoms with van der Waals surface area (Å²) < 4.78 is 5.26. The quantitative estimate of drug-likeness (QED) is 0.238. The molecule has 1 rings (SSSR count). The molecule has 1 aromatic rings. The molecule has 0 spiro atoms. The van der Waals surface area contributed by atoms with Crippen molar-refractivity contribution in [2.75, 3.05) is 6.61 Å². The highest BCUT2D eigenvalue weighted by Crippen LogP contribution is 2.39. The van der Waals surface area contributed by atoms with Gasteiger partial charge in [0.05, 0.1) is 12.7 Å². The molecule has 38 heavy (non-hydrogen) atoms. The number of esters is 1. The average molecular weight is 533 g/mol. The van der Waals surface area contributed by atoms with Crippen LogP contribution in [0.3, 0.4) is 0 Å². The monoisotopic (exact) mass is 532 g/mol. The van der Waals surface area contributed by atoms with Gasteiger partial charge in [-0.25, -0.2) is 4.79 Å². The maximum Gasteiger partial charge on any atom is 0.339 e. The summed E-state index contributed by atoms with van der Waals surface area (Å²) >= 11 is 0. The SMILES string of the molecule is C=C=C=C=C=C=C=C=C=C=C=C=C=C=C=C=C=CC(=O)OCCc1cc(C(C)(C)C)c(O)c(C(C)(C)C)c1.[HH].[HH].[HH].[HH].[HH].[HH].[HH].[HH].[HH].[HH].[HH].[HH].[HH].[HH].[HH].[HH].[HH].[HH]. The minimum absolute atomic E-state index is 0. The van der Waals surface area contributed by atoms with E-state index in [9.17, 15) is 9.90 Å². The van der Waals surface area contributed by atoms with Crippen molar-refractivity contribution in [2.45, 2.75) is 58.8 Å². The number of ether oxygens (including phenoxy) is 1. The molecule has 0 heterocycles. The lowest BCUT2D eigenvalue weighted by atomic mass is 9.78. The highest BCUT2D eigenvalue weighted by atomic mass is 16.5. The maximum atomic E-state index is 11.9. The van der Waals surface area contributed by atoms with Crippen molar-refractivity contribution in [3.8, 4) is 5.75 Å². The Morgan fingerprint density at radius 1 is 0.789 bits per heavy atom. The zero-order chi connectivity index (χ0) is 28.4. The normalized spacial score (nSPS) is 8.68. The van der Waals surface area contributed by atoms with E-state index in [1.54, 1.807) is 0 Å². The van der Waals surface area contributed by atoms with E-state index in [0.29, 0.717) is 12.2 Å². The highest BCUT2D eigenvalue weighted by molar-refractivity contribution is 5.81. The van der Waals surface area contributed by atoms with Gasteiger partial charge in [-0.05, 0) is 114 Å². The Balaban J connectivity index is -0.0000000501. The van der Waals surface area contributed by atoms with Crippen LogP contribution in [-0.2, 0) is 26.8 Å². The van der Waals surface area contributed by atoms with Crippen LogP contribution in [0.15, 0.2) is 116 Å². The van der Waals surface area contributed by atoms with E-state index in [1.807, 2.05) is 12.1 Å².